The van der Waals surface area contributed by atoms with Gasteiger partial charge in [-0.05, 0) is 56.6 Å². The van der Waals surface area contributed by atoms with Crippen molar-refractivity contribution >= 4 is 21.5 Å². The average molecular weight is 262 g/mol. The first-order valence-corrected chi connectivity index (χ1v) is 7.53. The van der Waals surface area contributed by atoms with Crippen LogP contribution in [0.5, 0.6) is 0 Å². The lowest BCUT2D eigenvalue weighted by molar-refractivity contribution is 0.859. The van der Waals surface area contributed by atoms with Crippen LogP contribution in [0.1, 0.15) is 50.7 Å². The molecular weight excluding hydrogens is 240 g/mol. The summed E-state index contributed by atoms with van der Waals surface area (Å²) in [6.45, 7) is 9.11. The molecule has 0 heterocycles. The number of hydrogen-bond acceptors (Lipinski definition) is 0. The van der Waals surface area contributed by atoms with E-state index in [0.717, 1.165) is 0 Å². The lowest BCUT2D eigenvalue weighted by atomic mass is 9.88. The summed E-state index contributed by atoms with van der Waals surface area (Å²) >= 11 is 0. The SMILES string of the molecule is CC(C)c1ccc(C(C)C)c2cc3ccccc3cc12. The molecule has 20 heavy (non-hydrogen) atoms. The molecule has 0 atom stereocenters. The standard InChI is InChI=1S/C20H22/c1-13(2)17-9-10-18(14(3)4)20-12-16-8-6-5-7-15(16)11-19(17)20/h5-14H,1-4H3. The highest BCUT2D eigenvalue weighted by molar-refractivity contribution is 6.01. The van der Waals surface area contributed by atoms with Gasteiger partial charge in [0.15, 0.2) is 0 Å². The Morgan fingerprint density at radius 1 is 0.600 bits per heavy atom. The Morgan fingerprint density at radius 3 is 1.35 bits per heavy atom. The first-order valence-electron chi connectivity index (χ1n) is 7.53. The van der Waals surface area contributed by atoms with E-state index in [1.165, 1.54) is 32.7 Å². The molecule has 0 aliphatic rings. The first kappa shape index (κ1) is 13.2. The Kier molecular flexibility index (Phi) is 3.25. The Hall–Kier alpha value is -1.82. The van der Waals surface area contributed by atoms with Crippen molar-refractivity contribution < 1.29 is 0 Å². The number of rotatable bonds is 2. The van der Waals surface area contributed by atoms with Crippen molar-refractivity contribution in [3.8, 4) is 0 Å². The zero-order valence-electron chi connectivity index (χ0n) is 12.8. The normalized spacial score (nSPS) is 11.9. The largest absolute Gasteiger partial charge is 0.0616 e. The lowest BCUT2D eigenvalue weighted by Gasteiger charge is -2.17. The van der Waals surface area contributed by atoms with E-state index in [0.29, 0.717) is 11.8 Å². The fourth-order valence-electron chi connectivity index (χ4n) is 3.08. The molecular formula is C20H22. The van der Waals surface area contributed by atoms with Crippen molar-refractivity contribution in [2.24, 2.45) is 0 Å². The van der Waals surface area contributed by atoms with Gasteiger partial charge in [-0.15, -0.1) is 0 Å². The second-order valence-electron chi connectivity index (χ2n) is 6.30. The van der Waals surface area contributed by atoms with Gasteiger partial charge in [0.05, 0.1) is 0 Å². The quantitative estimate of drug-likeness (QED) is 0.479. The number of benzene rings is 3. The fraction of sp³-hybridized carbons (Fsp3) is 0.300. The minimum Gasteiger partial charge on any atom is -0.0616 e. The molecule has 0 amide bonds. The Bertz CT molecular complexity index is 697. The fourth-order valence-corrected chi connectivity index (χ4v) is 3.08. The molecule has 3 aromatic carbocycles. The summed E-state index contributed by atoms with van der Waals surface area (Å²) < 4.78 is 0. The summed E-state index contributed by atoms with van der Waals surface area (Å²) in [7, 11) is 0. The van der Waals surface area contributed by atoms with Crippen LogP contribution in [-0.2, 0) is 0 Å². The van der Waals surface area contributed by atoms with Crippen LogP contribution in [0.3, 0.4) is 0 Å². The zero-order valence-corrected chi connectivity index (χ0v) is 12.8. The molecule has 0 aliphatic heterocycles. The molecule has 0 unspecified atom stereocenters. The van der Waals surface area contributed by atoms with E-state index in [-0.39, 0.29) is 0 Å². The summed E-state index contributed by atoms with van der Waals surface area (Å²) in [4.78, 5) is 0. The van der Waals surface area contributed by atoms with E-state index in [1.807, 2.05) is 0 Å². The Morgan fingerprint density at radius 2 is 1.00 bits per heavy atom. The van der Waals surface area contributed by atoms with Gasteiger partial charge in [-0.2, -0.15) is 0 Å². The minimum absolute atomic E-state index is 0.555. The summed E-state index contributed by atoms with van der Waals surface area (Å²) in [6, 6.07) is 18.0. The van der Waals surface area contributed by atoms with Gasteiger partial charge in [0.25, 0.3) is 0 Å². The molecule has 0 spiro atoms. The van der Waals surface area contributed by atoms with Crippen LogP contribution in [0.2, 0.25) is 0 Å². The molecule has 0 N–H and O–H groups in total. The molecule has 0 nitrogen and oxygen atoms in total. The van der Waals surface area contributed by atoms with Crippen LogP contribution >= 0.6 is 0 Å². The molecule has 102 valence electrons. The third-order valence-corrected chi connectivity index (χ3v) is 4.19. The molecule has 0 saturated heterocycles. The number of hydrogen-bond donors (Lipinski definition) is 0. The summed E-state index contributed by atoms with van der Waals surface area (Å²) in [5.74, 6) is 1.11. The van der Waals surface area contributed by atoms with Gasteiger partial charge in [0.1, 0.15) is 0 Å². The van der Waals surface area contributed by atoms with E-state index in [2.05, 4.69) is 76.2 Å². The topological polar surface area (TPSA) is 0 Å². The van der Waals surface area contributed by atoms with E-state index >= 15 is 0 Å². The maximum Gasteiger partial charge on any atom is -0.0140 e. The van der Waals surface area contributed by atoms with Crippen molar-refractivity contribution in [3.63, 3.8) is 0 Å². The van der Waals surface area contributed by atoms with Gasteiger partial charge in [0.2, 0.25) is 0 Å². The molecule has 3 rings (SSSR count). The lowest BCUT2D eigenvalue weighted by Crippen LogP contribution is -1.95. The van der Waals surface area contributed by atoms with Crippen LogP contribution in [0.4, 0.5) is 0 Å². The van der Waals surface area contributed by atoms with Crippen LogP contribution in [0, 0.1) is 0 Å². The van der Waals surface area contributed by atoms with Gasteiger partial charge in [-0.3, -0.25) is 0 Å². The van der Waals surface area contributed by atoms with E-state index < -0.39 is 0 Å². The van der Waals surface area contributed by atoms with E-state index in [1.54, 1.807) is 0 Å². The van der Waals surface area contributed by atoms with E-state index in [9.17, 15) is 0 Å². The summed E-state index contributed by atoms with van der Waals surface area (Å²) in [5.41, 5.74) is 2.91. The molecule has 0 bridgehead atoms. The maximum absolute atomic E-state index is 2.37. The molecule has 0 saturated carbocycles. The molecule has 0 radical (unpaired) electrons. The minimum atomic E-state index is 0.555. The third-order valence-electron chi connectivity index (χ3n) is 4.19. The van der Waals surface area contributed by atoms with E-state index in [4.69, 9.17) is 0 Å². The van der Waals surface area contributed by atoms with Crippen molar-refractivity contribution in [2.75, 3.05) is 0 Å². The number of fused-ring (bicyclic) bond motifs is 2. The van der Waals surface area contributed by atoms with Crippen molar-refractivity contribution in [3.05, 3.63) is 59.7 Å². The van der Waals surface area contributed by atoms with Gasteiger partial charge < -0.3 is 0 Å². The van der Waals surface area contributed by atoms with Crippen molar-refractivity contribution in [1.29, 1.82) is 0 Å². The molecule has 3 aromatic rings. The van der Waals surface area contributed by atoms with Crippen LogP contribution in [0.25, 0.3) is 21.5 Å². The predicted octanol–water partition coefficient (Wildman–Crippen LogP) is 6.24. The molecule has 0 aliphatic carbocycles. The van der Waals surface area contributed by atoms with Crippen LogP contribution in [0.15, 0.2) is 48.5 Å². The van der Waals surface area contributed by atoms with Crippen LogP contribution in [-0.4, -0.2) is 0 Å². The zero-order chi connectivity index (χ0) is 14.3. The Balaban J connectivity index is 2.46. The van der Waals surface area contributed by atoms with Gasteiger partial charge in [-0.1, -0.05) is 64.1 Å². The van der Waals surface area contributed by atoms with Gasteiger partial charge >= 0.3 is 0 Å². The van der Waals surface area contributed by atoms with Crippen molar-refractivity contribution in [1.82, 2.24) is 0 Å². The monoisotopic (exact) mass is 262 g/mol. The first-order chi connectivity index (χ1) is 9.58. The van der Waals surface area contributed by atoms with Gasteiger partial charge in [0, 0.05) is 0 Å². The third kappa shape index (κ3) is 2.10. The highest BCUT2D eigenvalue weighted by Crippen LogP contribution is 2.34. The second-order valence-corrected chi connectivity index (χ2v) is 6.30. The van der Waals surface area contributed by atoms with Crippen molar-refractivity contribution in [2.45, 2.75) is 39.5 Å². The molecule has 0 aromatic heterocycles. The average Bonchev–Trinajstić information content (AvgIpc) is 2.43. The predicted molar refractivity (Wildman–Crippen MR) is 89.6 cm³/mol. The van der Waals surface area contributed by atoms with Crippen LogP contribution < -0.4 is 0 Å². The highest BCUT2D eigenvalue weighted by Gasteiger charge is 2.11. The molecule has 0 fully saturated rings. The summed E-state index contributed by atoms with van der Waals surface area (Å²) in [6.07, 6.45) is 0. The smallest absolute Gasteiger partial charge is 0.0140 e. The molecule has 0 heteroatoms. The Labute approximate surface area is 121 Å². The second kappa shape index (κ2) is 4.94. The summed E-state index contributed by atoms with van der Waals surface area (Å²) in [5, 5.41) is 5.51. The van der Waals surface area contributed by atoms with Gasteiger partial charge in [-0.25, -0.2) is 0 Å². The maximum atomic E-state index is 2.37. The highest BCUT2D eigenvalue weighted by atomic mass is 14.2.